The fourth-order valence-electron chi connectivity index (χ4n) is 2.66. The van der Waals surface area contributed by atoms with Gasteiger partial charge in [-0.05, 0) is 37.1 Å². The van der Waals surface area contributed by atoms with E-state index in [1.165, 1.54) is 0 Å². The molecule has 0 radical (unpaired) electrons. The first kappa shape index (κ1) is 19.3. The molecule has 0 aliphatic carbocycles. The fraction of sp³-hybridized carbons (Fsp3) is 0.500. The first-order chi connectivity index (χ1) is 10.6. The van der Waals surface area contributed by atoms with Crippen LogP contribution in [-0.2, 0) is 4.79 Å². The topological polar surface area (TPSA) is 87.5 Å². The Bertz CT molecular complexity index is 535. The van der Waals surface area contributed by atoms with E-state index in [0.717, 1.165) is 5.69 Å². The highest BCUT2D eigenvalue weighted by molar-refractivity contribution is 5.97. The van der Waals surface area contributed by atoms with Gasteiger partial charge in [0.25, 0.3) is 0 Å². The Morgan fingerprint density at radius 2 is 1.91 bits per heavy atom. The third-order valence-electron chi connectivity index (χ3n) is 4.52. The third-order valence-corrected chi connectivity index (χ3v) is 4.52. The fourth-order valence-corrected chi connectivity index (χ4v) is 2.66. The van der Waals surface area contributed by atoms with Crippen molar-refractivity contribution in [3.63, 3.8) is 0 Å². The molecule has 1 heterocycles. The number of nitrogens with zero attached hydrogens (tertiary/aromatic N) is 1. The normalized spacial score (nSPS) is 14.2. The van der Waals surface area contributed by atoms with E-state index >= 15 is 0 Å². The van der Waals surface area contributed by atoms with E-state index in [0.29, 0.717) is 38.2 Å². The highest BCUT2D eigenvalue weighted by Crippen LogP contribution is 2.27. The number of amides is 3. The second kappa shape index (κ2) is 8.17. The predicted octanol–water partition coefficient (Wildman–Crippen LogP) is 2.34. The Hall–Kier alpha value is -1.79. The van der Waals surface area contributed by atoms with Gasteiger partial charge in [0.1, 0.15) is 0 Å². The molecule has 23 heavy (non-hydrogen) atoms. The van der Waals surface area contributed by atoms with Gasteiger partial charge in [-0.2, -0.15) is 0 Å². The molecule has 0 unspecified atom stereocenters. The average Bonchev–Trinajstić information content (AvgIpc) is 2.96. The van der Waals surface area contributed by atoms with Crippen LogP contribution in [0, 0.1) is 5.41 Å². The summed E-state index contributed by atoms with van der Waals surface area (Å²) in [5.74, 6) is -0.0494. The van der Waals surface area contributed by atoms with Crippen LogP contribution in [0.1, 0.15) is 26.7 Å². The van der Waals surface area contributed by atoms with Gasteiger partial charge >= 0.3 is 6.03 Å². The maximum atomic E-state index is 12.5. The van der Waals surface area contributed by atoms with Crippen molar-refractivity contribution >= 4 is 35.7 Å². The van der Waals surface area contributed by atoms with Gasteiger partial charge in [-0.1, -0.05) is 13.8 Å². The number of nitrogens with one attached hydrogen (secondary N) is 2. The number of hydrogen-bond acceptors (Lipinski definition) is 3. The predicted molar refractivity (Wildman–Crippen MR) is 95.1 cm³/mol. The Labute approximate surface area is 143 Å². The number of rotatable bonds is 6. The minimum Gasteiger partial charge on any atom is -0.336 e. The van der Waals surface area contributed by atoms with Crippen LogP contribution in [0.25, 0.3) is 0 Å². The zero-order valence-corrected chi connectivity index (χ0v) is 14.4. The molecule has 0 spiro atoms. The molecule has 2 rings (SSSR count). The maximum absolute atomic E-state index is 12.5. The molecule has 7 heteroatoms. The van der Waals surface area contributed by atoms with Crippen molar-refractivity contribution in [3.05, 3.63) is 24.3 Å². The number of urea groups is 1. The Kier molecular flexibility index (Phi) is 6.84. The molecule has 1 aromatic rings. The van der Waals surface area contributed by atoms with Crippen LogP contribution in [0.3, 0.4) is 0 Å². The molecule has 0 bridgehead atoms. The standard InChI is InChI=1S/C16H24N4O2.ClH/c1-3-16(4-2,11-17)14(21)19-12-5-7-13(8-6-12)20-10-9-18-15(20)22;/h5-8H,3-4,9-11,17H2,1-2H3,(H,18,22)(H,19,21);1H. The van der Waals surface area contributed by atoms with E-state index in [9.17, 15) is 9.59 Å². The third kappa shape index (κ3) is 3.95. The van der Waals surface area contributed by atoms with Crippen LogP contribution < -0.4 is 21.3 Å². The van der Waals surface area contributed by atoms with E-state index in [4.69, 9.17) is 5.73 Å². The minimum atomic E-state index is -0.520. The van der Waals surface area contributed by atoms with Crippen molar-refractivity contribution in [2.24, 2.45) is 11.1 Å². The molecular formula is C16H25ClN4O2. The summed E-state index contributed by atoms with van der Waals surface area (Å²) in [6.45, 7) is 5.60. The molecule has 1 aliphatic rings. The lowest BCUT2D eigenvalue weighted by molar-refractivity contribution is -0.125. The number of hydrogen-bond donors (Lipinski definition) is 3. The van der Waals surface area contributed by atoms with Gasteiger partial charge < -0.3 is 16.4 Å². The number of anilines is 2. The second-order valence-corrected chi connectivity index (χ2v) is 5.58. The minimum absolute atomic E-state index is 0. The molecule has 4 N–H and O–H groups in total. The SMILES string of the molecule is CCC(CC)(CN)C(=O)Nc1ccc(N2CCNC2=O)cc1.Cl. The van der Waals surface area contributed by atoms with Crippen LogP contribution in [0.2, 0.25) is 0 Å². The highest BCUT2D eigenvalue weighted by Gasteiger charge is 2.33. The van der Waals surface area contributed by atoms with E-state index in [1.807, 2.05) is 38.1 Å². The molecular weight excluding hydrogens is 316 g/mol. The van der Waals surface area contributed by atoms with Crippen LogP contribution in [0.4, 0.5) is 16.2 Å². The summed E-state index contributed by atoms with van der Waals surface area (Å²) >= 11 is 0. The lowest BCUT2D eigenvalue weighted by atomic mass is 9.81. The first-order valence-corrected chi connectivity index (χ1v) is 7.73. The number of halogens is 1. The van der Waals surface area contributed by atoms with Crippen LogP contribution in [0.5, 0.6) is 0 Å². The van der Waals surface area contributed by atoms with Gasteiger partial charge in [-0.3, -0.25) is 9.69 Å². The maximum Gasteiger partial charge on any atom is 0.321 e. The second-order valence-electron chi connectivity index (χ2n) is 5.58. The summed E-state index contributed by atoms with van der Waals surface area (Å²) in [4.78, 5) is 25.7. The summed E-state index contributed by atoms with van der Waals surface area (Å²) < 4.78 is 0. The number of benzene rings is 1. The van der Waals surface area contributed by atoms with Gasteiger partial charge in [-0.15, -0.1) is 12.4 Å². The van der Waals surface area contributed by atoms with Gasteiger partial charge in [0.2, 0.25) is 5.91 Å². The van der Waals surface area contributed by atoms with Crippen molar-refractivity contribution in [3.8, 4) is 0 Å². The number of carbonyl (C=O) groups excluding carboxylic acids is 2. The quantitative estimate of drug-likeness (QED) is 0.742. The van der Waals surface area contributed by atoms with Gasteiger partial charge in [-0.25, -0.2) is 4.79 Å². The van der Waals surface area contributed by atoms with Crippen molar-refractivity contribution in [1.29, 1.82) is 0 Å². The lowest BCUT2D eigenvalue weighted by Gasteiger charge is -2.28. The van der Waals surface area contributed by atoms with Gasteiger partial charge in [0.15, 0.2) is 0 Å². The molecule has 6 nitrogen and oxygen atoms in total. The molecule has 128 valence electrons. The zero-order valence-electron chi connectivity index (χ0n) is 13.6. The molecule has 1 aliphatic heterocycles. The van der Waals surface area contributed by atoms with Crippen molar-refractivity contribution in [2.45, 2.75) is 26.7 Å². The van der Waals surface area contributed by atoms with E-state index in [1.54, 1.807) is 4.90 Å². The largest absolute Gasteiger partial charge is 0.336 e. The van der Waals surface area contributed by atoms with Crippen LogP contribution in [0.15, 0.2) is 24.3 Å². The van der Waals surface area contributed by atoms with E-state index in [2.05, 4.69) is 10.6 Å². The van der Waals surface area contributed by atoms with Crippen molar-refractivity contribution in [1.82, 2.24) is 5.32 Å². The average molecular weight is 341 g/mol. The molecule has 1 fully saturated rings. The Morgan fingerprint density at radius 1 is 1.30 bits per heavy atom. The highest BCUT2D eigenvalue weighted by atomic mass is 35.5. The van der Waals surface area contributed by atoms with Crippen LogP contribution in [-0.4, -0.2) is 31.6 Å². The molecule has 1 saturated heterocycles. The first-order valence-electron chi connectivity index (χ1n) is 7.73. The molecule has 3 amide bonds. The van der Waals surface area contributed by atoms with Gasteiger partial charge in [0, 0.05) is 31.0 Å². The van der Waals surface area contributed by atoms with E-state index in [-0.39, 0.29) is 24.3 Å². The molecule has 0 aromatic heterocycles. The summed E-state index contributed by atoms with van der Waals surface area (Å²) in [5, 5.41) is 5.69. The summed E-state index contributed by atoms with van der Waals surface area (Å²) in [6.07, 6.45) is 1.41. The summed E-state index contributed by atoms with van der Waals surface area (Å²) in [7, 11) is 0. The summed E-state index contributed by atoms with van der Waals surface area (Å²) in [6, 6.07) is 7.21. The summed E-state index contributed by atoms with van der Waals surface area (Å²) in [5.41, 5.74) is 6.81. The molecule has 0 saturated carbocycles. The Balaban J connectivity index is 0.00000264. The number of carbonyl (C=O) groups is 2. The van der Waals surface area contributed by atoms with E-state index < -0.39 is 5.41 Å². The Morgan fingerprint density at radius 3 is 2.35 bits per heavy atom. The monoisotopic (exact) mass is 340 g/mol. The van der Waals surface area contributed by atoms with Crippen molar-refractivity contribution < 1.29 is 9.59 Å². The van der Waals surface area contributed by atoms with Crippen molar-refractivity contribution in [2.75, 3.05) is 29.9 Å². The van der Waals surface area contributed by atoms with Crippen LogP contribution >= 0.6 is 12.4 Å². The molecule has 1 aromatic carbocycles. The van der Waals surface area contributed by atoms with Gasteiger partial charge in [0.05, 0.1) is 5.41 Å². The lowest BCUT2D eigenvalue weighted by Crippen LogP contribution is -2.41. The number of nitrogens with two attached hydrogens (primary N) is 1. The zero-order chi connectivity index (χ0) is 16.2. The smallest absolute Gasteiger partial charge is 0.321 e. The molecule has 0 atom stereocenters.